The summed E-state index contributed by atoms with van der Waals surface area (Å²) < 4.78 is 15.5. The van der Waals surface area contributed by atoms with Gasteiger partial charge in [0.15, 0.2) is 0 Å². The molecule has 0 radical (unpaired) electrons. The zero-order chi connectivity index (χ0) is 18.7. The Morgan fingerprint density at radius 1 is 1.15 bits per heavy atom. The lowest BCUT2D eigenvalue weighted by Crippen LogP contribution is -2.02. The molecule has 134 valence electrons. The van der Waals surface area contributed by atoms with Gasteiger partial charge < -0.3 is 9.40 Å². The molecule has 0 unspecified atom stereocenters. The molecule has 0 fully saturated rings. The van der Waals surface area contributed by atoms with Gasteiger partial charge in [-0.1, -0.05) is 22.8 Å². The van der Waals surface area contributed by atoms with E-state index in [2.05, 4.69) is 9.72 Å². The molecule has 3 rings (SSSR count). The van der Waals surface area contributed by atoms with Gasteiger partial charge in [0.2, 0.25) is 0 Å². The number of aromatic nitrogens is 1. The Morgan fingerprint density at radius 3 is 2.54 bits per heavy atom. The van der Waals surface area contributed by atoms with E-state index in [1.54, 1.807) is 12.1 Å². The van der Waals surface area contributed by atoms with Gasteiger partial charge in [0, 0.05) is 22.0 Å². The zero-order valence-corrected chi connectivity index (χ0v) is 15.7. The molecule has 0 aliphatic rings. The van der Waals surface area contributed by atoms with Crippen LogP contribution >= 0.6 is 11.6 Å². The fraction of sp³-hybridized carbons (Fsp3) is 0.190. The minimum atomic E-state index is -0.263. The van der Waals surface area contributed by atoms with E-state index in [9.17, 15) is 4.39 Å². The van der Waals surface area contributed by atoms with Crippen molar-refractivity contribution in [2.45, 2.75) is 20.8 Å². The Morgan fingerprint density at radius 2 is 1.88 bits per heavy atom. The highest BCUT2D eigenvalue weighted by molar-refractivity contribution is 6.30. The third-order valence-electron chi connectivity index (χ3n) is 4.17. The molecular formula is C21H20ClFN2O. The van der Waals surface area contributed by atoms with Gasteiger partial charge in [0.25, 0.3) is 0 Å². The van der Waals surface area contributed by atoms with Crippen LogP contribution in [0.4, 0.5) is 4.39 Å². The van der Waals surface area contributed by atoms with Crippen LogP contribution in [0.2, 0.25) is 5.02 Å². The maximum absolute atomic E-state index is 13.4. The smallest absolute Gasteiger partial charge is 0.123 e. The minimum Gasteiger partial charge on any atom is -0.396 e. The van der Waals surface area contributed by atoms with Gasteiger partial charge in [0.05, 0.1) is 11.4 Å². The molecule has 1 aromatic heterocycles. The van der Waals surface area contributed by atoms with Crippen molar-refractivity contribution in [1.29, 1.82) is 0 Å². The largest absolute Gasteiger partial charge is 0.396 e. The standard InChI is InChI=1S/C21H20ClFN2O/c1-4-26-24-14(2)20-13-21(16-8-10-18(23)11-9-16)25(15(20)3)19-7-5-6-17(22)12-19/h5-13H,4H2,1-3H3/b24-14+. The van der Waals surface area contributed by atoms with Crippen molar-refractivity contribution >= 4 is 17.3 Å². The molecule has 2 aromatic carbocycles. The van der Waals surface area contributed by atoms with Gasteiger partial charge in [-0.2, -0.15) is 0 Å². The summed E-state index contributed by atoms with van der Waals surface area (Å²) >= 11 is 6.20. The first-order valence-corrected chi connectivity index (χ1v) is 8.80. The first-order valence-electron chi connectivity index (χ1n) is 8.42. The van der Waals surface area contributed by atoms with Gasteiger partial charge >= 0.3 is 0 Å². The van der Waals surface area contributed by atoms with Crippen LogP contribution in [0.25, 0.3) is 16.9 Å². The topological polar surface area (TPSA) is 26.5 Å². The SMILES string of the molecule is CCO/N=C(\C)c1cc(-c2ccc(F)cc2)n(-c2cccc(Cl)c2)c1C. The van der Waals surface area contributed by atoms with E-state index in [4.69, 9.17) is 16.4 Å². The van der Waals surface area contributed by atoms with Crippen molar-refractivity contribution in [3.63, 3.8) is 0 Å². The first kappa shape index (κ1) is 18.2. The van der Waals surface area contributed by atoms with Crippen LogP contribution in [0.15, 0.2) is 59.8 Å². The van der Waals surface area contributed by atoms with Crippen LogP contribution in [0.3, 0.4) is 0 Å². The van der Waals surface area contributed by atoms with Gasteiger partial charge in [0.1, 0.15) is 12.4 Å². The van der Waals surface area contributed by atoms with E-state index < -0.39 is 0 Å². The van der Waals surface area contributed by atoms with Crippen LogP contribution in [0.1, 0.15) is 25.1 Å². The van der Waals surface area contributed by atoms with Crippen molar-refractivity contribution in [3.8, 4) is 16.9 Å². The van der Waals surface area contributed by atoms with Crippen LogP contribution in [-0.2, 0) is 4.84 Å². The summed E-state index contributed by atoms with van der Waals surface area (Å²) in [6.45, 7) is 6.34. The molecule has 0 amide bonds. The summed E-state index contributed by atoms with van der Waals surface area (Å²) in [6.07, 6.45) is 0. The van der Waals surface area contributed by atoms with Gasteiger partial charge in [-0.25, -0.2) is 4.39 Å². The summed E-state index contributed by atoms with van der Waals surface area (Å²) in [5, 5.41) is 4.82. The van der Waals surface area contributed by atoms with Crippen molar-refractivity contribution in [3.05, 3.63) is 76.7 Å². The molecule has 0 N–H and O–H groups in total. The molecule has 5 heteroatoms. The second-order valence-corrected chi connectivity index (χ2v) is 6.38. The first-order chi connectivity index (χ1) is 12.5. The van der Waals surface area contributed by atoms with Gasteiger partial charge in [-0.15, -0.1) is 0 Å². The van der Waals surface area contributed by atoms with E-state index in [-0.39, 0.29) is 5.82 Å². The van der Waals surface area contributed by atoms with E-state index in [1.165, 1.54) is 12.1 Å². The molecule has 0 aliphatic heterocycles. The maximum atomic E-state index is 13.4. The van der Waals surface area contributed by atoms with Crippen molar-refractivity contribution in [2.24, 2.45) is 5.16 Å². The quantitative estimate of drug-likeness (QED) is 0.399. The molecule has 0 saturated heterocycles. The normalized spacial score (nSPS) is 11.7. The number of nitrogens with zero attached hydrogens (tertiary/aromatic N) is 2. The van der Waals surface area contributed by atoms with E-state index >= 15 is 0 Å². The molecule has 0 atom stereocenters. The second kappa shape index (κ2) is 7.75. The third-order valence-corrected chi connectivity index (χ3v) is 4.41. The molecule has 0 spiro atoms. The highest BCUT2D eigenvalue weighted by atomic mass is 35.5. The summed E-state index contributed by atoms with van der Waals surface area (Å²) in [5.41, 5.74) is 5.54. The molecule has 3 nitrogen and oxygen atoms in total. The fourth-order valence-electron chi connectivity index (χ4n) is 2.96. The lowest BCUT2D eigenvalue weighted by Gasteiger charge is -2.13. The monoisotopic (exact) mass is 370 g/mol. The summed E-state index contributed by atoms with van der Waals surface area (Å²) in [7, 11) is 0. The lowest BCUT2D eigenvalue weighted by atomic mass is 10.1. The predicted molar refractivity (Wildman–Crippen MR) is 105 cm³/mol. The Hall–Kier alpha value is -2.59. The Labute approximate surface area is 157 Å². The molecule has 0 bridgehead atoms. The summed E-state index contributed by atoms with van der Waals surface area (Å²) in [5.74, 6) is -0.263. The minimum absolute atomic E-state index is 0.263. The summed E-state index contributed by atoms with van der Waals surface area (Å²) in [4.78, 5) is 5.21. The van der Waals surface area contributed by atoms with E-state index in [1.807, 2.05) is 51.1 Å². The van der Waals surface area contributed by atoms with Crippen LogP contribution < -0.4 is 0 Å². The number of benzene rings is 2. The average molecular weight is 371 g/mol. The molecule has 3 aromatic rings. The zero-order valence-electron chi connectivity index (χ0n) is 15.0. The molecule has 0 aliphatic carbocycles. The van der Waals surface area contributed by atoms with Gasteiger partial charge in [-0.05, 0) is 74.9 Å². The number of hydrogen-bond donors (Lipinski definition) is 0. The fourth-order valence-corrected chi connectivity index (χ4v) is 3.15. The number of rotatable bonds is 5. The highest BCUT2D eigenvalue weighted by Gasteiger charge is 2.17. The Bertz CT molecular complexity index is 945. The number of halogens is 2. The number of hydrogen-bond acceptors (Lipinski definition) is 2. The van der Waals surface area contributed by atoms with Crippen molar-refractivity contribution in [2.75, 3.05) is 6.61 Å². The molecule has 0 saturated carbocycles. The molecule has 26 heavy (non-hydrogen) atoms. The Balaban J connectivity index is 2.22. The van der Waals surface area contributed by atoms with Crippen molar-refractivity contribution in [1.82, 2.24) is 4.57 Å². The van der Waals surface area contributed by atoms with Gasteiger partial charge in [-0.3, -0.25) is 0 Å². The molecule has 1 heterocycles. The maximum Gasteiger partial charge on any atom is 0.123 e. The van der Waals surface area contributed by atoms with E-state index in [0.717, 1.165) is 33.9 Å². The van der Waals surface area contributed by atoms with Crippen LogP contribution in [0.5, 0.6) is 0 Å². The Kier molecular flexibility index (Phi) is 5.43. The lowest BCUT2D eigenvalue weighted by molar-refractivity contribution is 0.159. The van der Waals surface area contributed by atoms with Crippen molar-refractivity contribution < 1.29 is 9.23 Å². The predicted octanol–water partition coefficient (Wildman–Crippen LogP) is 6.01. The highest BCUT2D eigenvalue weighted by Crippen LogP contribution is 2.31. The number of oxime groups is 1. The van der Waals surface area contributed by atoms with E-state index in [0.29, 0.717) is 11.6 Å². The van der Waals surface area contributed by atoms with Crippen LogP contribution in [-0.4, -0.2) is 16.9 Å². The third kappa shape index (κ3) is 3.65. The van der Waals surface area contributed by atoms with Crippen LogP contribution in [0, 0.1) is 12.7 Å². The average Bonchev–Trinajstić information content (AvgIpc) is 2.97. The second-order valence-electron chi connectivity index (χ2n) is 5.95. The summed E-state index contributed by atoms with van der Waals surface area (Å²) in [6, 6.07) is 16.1. The molecular weight excluding hydrogens is 351 g/mol.